The summed E-state index contributed by atoms with van der Waals surface area (Å²) in [6.45, 7) is 0.455. The molecule has 1 saturated heterocycles. The molecule has 1 fully saturated rings. The van der Waals surface area contributed by atoms with Crippen molar-refractivity contribution in [1.29, 1.82) is 0 Å². The van der Waals surface area contributed by atoms with Crippen molar-refractivity contribution in [1.82, 2.24) is 5.32 Å². The van der Waals surface area contributed by atoms with Crippen LogP contribution in [0.25, 0.3) is 0 Å². The van der Waals surface area contributed by atoms with Gasteiger partial charge in [-0.15, -0.1) is 0 Å². The molecule has 98 valence electrons. The molecule has 1 N–H and O–H groups in total. The van der Waals surface area contributed by atoms with Crippen LogP contribution in [0.2, 0.25) is 0 Å². The van der Waals surface area contributed by atoms with E-state index in [1.165, 1.54) is 0 Å². The van der Waals surface area contributed by atoms with Gasteiger partial charge in [-0.3, -0.25) is 4.79 Å². The Bertz CT molecular complexity index is 510. The highest BCUT2D eigenvalue weighted by Crippen LogP contribution is 2.18. The molecule has 1 aromatic carbocycles. The molecule has 1 amide bonds. The third-order valence-electron chi connectivity index (χ3n) is 3.14. The second kappa shape index (κ2) is 5.52. The second-order valence-electron chi connectivity index (χ2n) is 4.66. The van der Waals surface area contributed by atoms with Crippen LogP contribution in [-0.2, 0) is 21.2 Å². The molecule has 4 nitrogen and oxygen atoms in total. The molecule has 0 aliphatic carbocycles. The van der Waals surface area contributed by atoms with E-state index in [1.807, 2.05) is 30.3 Å². The number of hydrogen-bond donors (Lipinski definition) is 1. The van der Waals surface area contributed by atoms with Gasteiger partial charge in [0.15, 0.2) is 9.84 Å². The molecule has 1 heterocycles. The van der Waals surface area contributed by atoms with Crippen LogP contribution >= 0.6 is 0 Å². The Labute approximate surface area is 107 Å². The van der Waals surface area contributed by atoms with Crippen LogP contribution in [0.1, 0.15) is 18.4 Å². The third kappa shape index (κ3) is 3.57. The van der Waals surface area contributed by atoms with Crippen molar-refractivity contribution >= 4 is 15.7 Å². The van der Waals surface area contributed by atoms with E-state index in [2.05, 4.69) is 5.32 Å². The van der Waals surface area contributed by atoms with Crippen molar-refractivity contribution in [2.75, 3.05) is 11.5 Å². The van der Waals surface area contributed by atoms with Gasteiger partial charge in [0.1, 0.15) is 0 Å². The maximum atomic E-state index is 11.9. The van der Waals surface area contributed by atoms with Crippen molar-refractivity contribution in [3.05, 3.63) is 35.9 Å². The molecule has 1 aliphatic rings. The molecule has 1 atom stereocenters. The van der Waals surface area contributed by atoms with E-state index in [1.54, 1.807) is 0 Å². The largest absolute Gasteiger partial charge is 0.352 e. The van der Waals surface area contributed by atoms with E-state index in [9.17, 15) is 13.2 Å². The van der Waals surface area contributed by atoms with Crippen molar-refractivity contribution in [3.63, 3.8) is 0 Å². The van der Waals surface area contributed by atoms with E-state index in [4.69, 9.17) is 0 Å². The molecule has 0 saturated carbocycles. The molecule has 0 radical (unpaired) electrons. The molecule has 18 heavy (non-hydrogen) atoms. The maximum Gasteiger partial charge on any atom is 0.224 e. The van der Waals surface area contributed by atoms with Crippen LogP contribution in [0.5, 0.6) is 0 Å². The van der Waals surface area contributed by atoms with Crippen LogP contribution in [0.15, 0.2) is 30.3 Å². The summed E-state index contributed by atoms with van der Waals surface area (Å²) in [5, 5.41) is 2.80. The minimum Gasteiger partial charge on any atom is -0.352 e. The van der Waals surface area contributed by atoms with E-state index in [0.29, 0.717) is 19.4 Å². The van der Waals surface area contributed by atoms with E-state index in [0.717, 1.165) is 5.56 Å². The lowest BCUT2D eigenvalue weighted by Crippen LogP contribution is -2.37. The van der Waals surface area contributed by atoms with Crippen LogP contribution in [0.4, 0.5) is 0 Å². The highest BCUT2D eigenvalue weighted by molar-refractivity contribution is 7.91. The minimum absolute atomic E-state index is 0.00633. The number of carbonyl (C=O) groups is 1. The second-order valence-corrected chi connectivity index (χ2v) is 6.89. The van der Waals surface area contributed by atoms with Crippen molar-refractivity contribution in [3.8, 4) is 0 Å². The van der Waals surface area contributed by atoms with Gasteiger partial charge in [-0.25, -0.2) is 8.42 Å². The average Bonchev–Trinajstić information content (AvgIpc) is 2.36. The number of benzene rings is 1. The summed E-state index contributed by atoms with van der Waals surface area (Å²) >= 11 is 0. The Morgan fingerprint density at radius 1 is 1.28 bits per heavy atom. The molecule has 2 rings (SSSR count). The Hall–Kier alpha value is -1.36. The van der Waals surface area contributed by atoms with Crippen LogP contribution in [0, 0.1) is 5.92 Å². The Kier molecular flexibility index (Phi) is 4.01. The van der Waals surface area contributed by atoms with E-state index in [-0.39, 0.29) is 23.3 Å². The maximum absolute atomic E-state index is 11.9. The average molecular weight is 267 g/mol. The predicted molar refractivity (Wildman–Crippen MR) is 69.7 cm³/mol. The summed E-state index contributed by atoms with van der Waals surface area (Å²) < 4.78 is 22.9. The standard InChI is InChI=1S/C13H17NO3S/c15-13(12-7-4-8-18(16,17)10-12)14-9-11-5-2-1-3-6-11/h1-3,5-6,12H,4,7-10H2,(H,14,15). The summed E-state index contributed by atoms with van der Waals surface area (Å²) in [4.78, 5) is 11.9. The molecule has 5 heteroatoms. The zero-order valence-electron chi connectivity index (χ0n) is 10.1. The van der Waals surface area contributed by atoms with E-state index >= 15 is 0 Å². The zero-order valence-corrected chi connectivity index (χ0v) is 10.9. The number of nitrogens with one attached hydrogen (secondary N) is 1. The summed E-state index contributed by atoms with van der Waals surface area (Å²) in [6.07, 6.45) is 1.26. The topological polar surface area (TPSA) is 63.2 Å². The molecule has 0 bridgehead atoms. The first-order valence-electron chi connectivity index (χ1n) is 6.09. The Morgan fingerprint density at radius 3 is 2.67 bits per heavy atom. The first-order valence-corrected chi connectivity index (χ1v) is 7.91. The molecule has 1 aromatic rings. The third-order valence-corrected chi connectivity index (χ3v) is 4.96. The number of rotatable bonds is 3. The normalized spacial score (nSPS) is 22.3. The van der Waals surface area contributed by atoms with E-state index < -0.39 is 9.84 Å². The lowest BCUT2D eigenvalue weighted by molar-refractivity contribution is -0.124. The van der Waals surface area contributed by atoms with Gasteiger partial charge in [0, 0.05) is 6.54 Å². The van der Waals surface area contributed by atoms with Gasteiger partial charge in [-0.2, -0.15) is 0 Å². The van der Waals surface area contributed by atoms with Crippen molar-refractivity contribution in [2.24, 2.45) is 5.92 Å². The van der Waals surface area contributed by atoms with Gasteiger partial charge < -0.3 is 5.32 Å². The van der Waals surface area contributed by atoms with Gasteiger partial charge in [0.25, 0.3) is 0 Å². The number of hydrogen-bond acceptors (Lipinski definition) is 3. The van der Waals surface area contributed by atoms with Gasteiger partial charge in [0.05, 0.1) is 17.4 Å². The first-order chi connectivity index (χ1) is 8.57. The monoisotopic (exact) mass is 267 g/mol. The lowest BCUT2D eigenvalue weighted by Gasteiger charge is -2.21. The Balaban J connectivity index is 1.89. The highest BCUT2D eigenvalue weighted by Gasteiger charge is 2.29. The molecule has 1 aliphatic heterocycles. The summed E-state index contributed by atoms with van der Waals surface area (Å²) in [7, 11) is -3.02. The SMILES string of the molecule is O=C(NCc1ccccc1)C1CCCS(=O)(=O)C1. The van der Waals surface area contributed by atoms with Crippen molar-refractivity contribution in [2.45, 2.75) is 19.4 Å². The molecular formula is C13H17NO3S. The van der Waals surface area contributed by atoms with Crippen LogP contribution < -0.4 is 5.32 Å². The zero-order chi connectivity index (χ0) is 13.0. The van der Waals surface area contributed by atoms with Gasteiger partial charge in [-0.1, -0.05) is 30.3 Å². The number of carbonyl (C=O) groups excluding carboxylic acids is 1. The molecule has 1 unspecified atom stereocenters. The van der Waals surface area contributed by atoms with Gasteiger partial charge in [-0.05, 0) is 18.4 Å². The fraction of sp³-hybridized carbons (Fsp3) is 0.462. The summed E-state index contributed by atoms with van der Waals surface area (Å²) in [6, 6.07) is 9.59. The van der Waals surface area contributed by atoms with Crippen LogP contribution in [-0.4, -0.2) is 25.8 Å². The minimum atomic E-state index is -3.02. The quantitative estimate of drug-likeness (QED) is 0.893. The van der Waals surface area contributed by atoms with Gasteiger partial charge >= 0.3 is 0 Å². The number of amides is 1. The first kappa shape index (κ1) is 13.1. The predicted octanol–water partition coefficient (Wildman–Crippen LogP) is 1.13. The molecular weight excluding hydrogens is 250 g/mol. The highest BCUT2D eigenvalue weighted by atomic mass is 32.2. The van der Waals surface area contributed by atoms with Gasteiger partial charge in [0.2, 0.25) is 5.91 Å². The fourth-order valence-electron chi connectivity index (χ4n) is 2.16. The summed E-state index contributed by atoms with van der Waals surface area (Å²) in [5.74, 6) is -0.321. The lowest BCUT2D eigenvalue weighted by atomic mass is 10.0. The smallest absolute Gasteiger partial charge is 0.224 e. The fourth-order valence-corrected chi connectivity index (χ4v) is 3.86. The number of sulfone groups is 1. The summed E-state index contributed by atoms with van der Waals surface area (Å²) in [5.41, 5.74) is 1.02. The van der Waals surface area contributed by atoms with Crippen molar-refractivity contribution < 1.29 is 13.2 Å². The van der Waals surface area contributed by atoms with Crippen LogP contribution in [0.3, 0.4) is 0 Å². The molecule has 0 spiro atoms. The molecule has 0 aromatic heterocycles. The Morgan fingerprint density at radius 2 is 2.00 bits per heavy atom.